The first-order valence-electron chi connectivity index (χ1n) is 10.8. The van der Waals surface area contributed by atoms with Gasteiger partial charge in [-0.15, -0.1) is 0 Å². The van der Waals surface area contributed by atoms with E-state index in [9.17, 15) is 9.90 Å². The standard InChI is InChI=1S/C23H31N3O2/c24-12-4-7-19(23(27)28)14-20-22-11-9-18-13-17(16-5-2-1-3-6-16)8-10-21(18)26(22)15-25-20/h8,10,13,15-16,19H,1-7,9,11-12,14,24H2,(H,27,28)/t19-/m0/s1. The summed E-state index contributed by atoms with van der Waals surface area (Å²) in [5.41, 5.74) is 11.8. The highest BCUT2D eigenvalue weighted by atomic mass is 16.4. The number of hydrogen-bond donors (Lipinski definition) is 2. The molecule has 5 nitrogen and oxygen atoms in total. The van der Waals surface area contributed by atoms with E-state index in [0.717, 1.165) is 30.9 Å². The molecule has 150 valence electrons. The second kappa shape index (κ2) is 8.48. The number of nitrogens with zero attached hydrogens (tertiary/aromatic N) is 2. The molecule has 4 rings (SSSR count). The Morgan fingerprint density at radius 2 is 2.07 bits per heavy atom. The number of aromatic nitrogens is 2. The van der Waals surface area contributed by atoms with E-state index in [0.29, 0.717) is 19.4 Å². The Morgan fingerprint density at radius 3 is 2.82 bits per heavy atom. The number of aliphatic carboxylic acids is 1. The number of benzene rings is 1. The number of carboxylic acid groups (broad SMARTS) is 1. The van der Waals surface area contributed by atoms with Crippen LogP contribution in [0.5, 0.6) is 0 Å². The fourth-order valence-corrected chi connectivity index (χ4v) is 4.95. The van der Waals surface area contributed by atoms with Gasteiger partial charge in [-0.3, -0.25) is 4.79 Å². The van der Waals surface area contributed by atoms with Crippen LogP contribution in [0.4, 0.5) is 0 Å². The predicted octanol–water partition coefficient (Wildman–Crippen LogP) is 4.00. The molecule has 28 heavy (non-hydrogen) atoms. The number of carbonyl (C=O) groups is 1. The van der Waals surface area contributed by atoms with Gasteiger partial charge in [0.25, 0.3) is 0 Å². The van der Waals surface area contributed by atoms with Gasteiger partial charge in [-0.1, -0.05) is 31.4 Å². The molecule has 2 heterocycles. The maximum atomic E-state index is 11.6. The van der Waals surface area contributed by atoms with Gasteiger partial charge in [-0.2, -0.15) is 0 Å². The van der Waals surface area contributed by atoms with Crippen LogP contribution in [0, 0.1) is 5.92 Å². The maximum absolute atomic E-state index is 11.6. The molecule has 1 aliphatic carbocycles. The van der Waals surface area contributed by atoms with E-state index in [1.165, 1.54) is 54.6 Å². The number of nitrogens with two attached hydrogens (primary N) is 1. The molecule has 1 fully saturated rings. The third-order valence-electron chi connectivity index (χ3n) is 6.57. The predicted molar refractivity (Wildman–Crippen MR) is 110 cm³/mol. The summed E-state index contributed by atoms with van der Waals surface area (Å²) in [4.78, 5) is 16.2. The Bertz CT molecular complexity index is 836. The van der Waals surface area contributed by atoms with Crippen LogP contribution in [0.15, 0.2) is 24.5 Å². The zero-order chi connectivity index (χ0) is 19.5. The van der Waals surface area contributed by atoms with Gasteiger partial charge in [0, 0.05) is 17.8 Å². The largest absolute Gasteiger partial charge is 0.481 e. The summed E-state index contributed by atoms with van der Waals surface area (Å²) in [6.45, 7) is 0.530. The minimum absolute atomic E-state index is 0.404. The van der Waals surface area contributed by atoms with E-state index in [4.69, 9.17) is 5.73 Å². The molecule has 0 bridgehead atoms. The number of carboxylic acids is 1. The highest BCUT2D eigenvalue weighted by Crippen LogP contribution is 2.36. The van der Waals surface area contributed by atoms with Crippen LogP contribution in [-0.2, 0) is 24.1 Å². The quantitative estimate of drug-likeness (QED) is 0.759. The third kappa shape index (κ3) is 3.86. The molecular formula is C23H31N3O2. The van der Waals surface area contributed by atoms with Crippen LogP contribution in [0.3, 0.4) is 0 Å². The van der Waals surface area contributed by atoms with E-state index in [1.54, 1.807) is 0 Å². The van der Waals surface area contributed by atoms with E-state index in [2.05, 4.69) is 27.8 Å². The number of aryl methyl sites for hydroxylation is 1. The van der Waals surface area contributed by atoms with Gasteiger partial charge < -0.3 is 15.4 Å². The van der Waals surface area contributed by atoms with Crippen molar-refractivity contribution in [1.29, 1.82) is 0 Å². The molecule has 1 saturated carbocycles. The monoisotopic (exact) mass is 381 g/mol. The molecule has 1 aromatic heterocycles. The molecule has 1 atom stereocenters. The van der Waals surface area contributed by atoms with Crippen molar-refractivity contribution in [3.8, 4) is 5.69 Å². The second-order valence-corrected chi connectivity index (χ2v) is 8.40. The normalized spacial score (nSPS) is 17.8. The van der Waals surface area contributed by atoms with Crippen molar-refractivity contribution in [1.82, 2.24) is 9.55 Å². The Labute approximate surface area is 167 Å². The summed E-state index contributed by atoms with van der Waals surface area (Å²) in [7, 11) is 0. The minimum Gasteiger partial charge on any atom is -0.481 e. The van der Waals surface area contributed by atoms with Gasteiger partial charge in [0.05, 0.1) is 17.9 Å². The van der Waals surface area contributed by atoms with E-state index in [-0.39, 0.29) is 0 Å². The molecule has 0 amide bonds. The molecular weight excluding hydrogens is 350 g/mol. The molecule has 0 unspecified atom stereocenters. The molecule has 2 aromatic rings. The summed E-state index contributed by atoms with van der Waals surface area (Å²) < 4.78 is 2.18. The Hall–Kier alpha value is -2.14. The van der Waals surface area contributed by atoms with Crippen molar-refractivity contribution in [2.75, 3.05) is 6.54 Å². The van der Waals surface area contributed by atoms with Crippen LogP contribution in [0.1, 0.15) is 73.4 Å². The molecule has 0 spiro atoms. The smallest absolute Gasteiger partial charge is 0.306 e. The van der Waals surface area contributed by atoms with Gasteiger partial charge in [-0.05, 0) is 68.2 Å². The zero-order valence-electron chi connectivity index (χ0n) is 16.6. The molecule has 1 aliphatic heterocycles. The van der Waals surface area contributed by atoms with E-state index in [1.807, 2.05) is 6.33 Å². The van der Waals surface area contributed by atoms with Crippen LogP contribution in [0.25, 0.3) is 5.69 Å². The van der Waals surface area contributed by atoms with E-state index >= 15 is 0 Å². The Morgan fingerprint density at radius 1 is 1.25 bits per heavy atom. The van der Waals surface area contributed by atoms with Crippen molar-refractivity contribution in [3.63, 3.8) is 0 Å². The lowest BCUT2D eigenvalue weighted by Crippen LogP contribution is -2.20. The third-order valence-corrected chi connectivity index (χ3v) is 6.57. The highest BCUT2D eigenvalue weighted by Gasteiger charge is 2.25. The van der Waals surface area contributed by atoms with Gasteiger partial charge in [0.2, 0.25) is 0 Å². The first-order chi connectivity index (χ1) is 13.7. The lowest BCUT2D eigenvalue weighted by molar-refractivity contribution is -0.142. The van der Waals surface area contributed by atoms with Crippen LogP contribution in [0.2, 0.25) is 0 Å². The molecule has 3 N–H and O–H groups in total. The lowest BCUT2D eigenvalue weighted by Gasteiger charge is -2.25. The van der Waals surface area contributed by atoms with Crippen molar-refractivity contribution in [3.05, 3.63) is 47.0 Å². The fourth-order valence-electron chi connectivity index (χ4n) is 4.95. The highest BCUT2D eigenvalue weighted by molar-refractivity contribution is 5.70. The molecule has 0 saturated heterocycles. The number of imidazole rings is 1. The van der Waals surface area contributed by atoms with E-state index < -0.39 is 11.9 Å². The summed E-state index contributed by atoms with van der Waals surface area (Å²) in [6, 6.07) is 6.95. The van der Waals surface area contributed by atoms with Crippen LogP contribution >= 0.6 is 0 Å². The number of fused-ring (bicyclic) bond motifs is 3. The van der Waals surface area contributed by atoms with Crippen molar-refractivity contribution in [2.45, 2.75) is 70.1 Å². The van der Waals surface area contributed by atoms with Crippen LogP contribution in [-0.4, -0.2) is 27.2 Å². The summed E-state index contributed by atoms with van der Waals surface area (Å²) in [5.74, 6) is -0.431. The Balaban J connectivity index is 1.56. The van der Waals surface area contributed by atoms with Gasteiger partial charge >= 0.3 is 5.97 Å². The molecule has 1 aromatic carbocycles. The average molecular weight is 382 g/mol. The van der Waals surface area contributed by atoms with Crippen molar-refractivity contribution < 1.29 is 9.90 Å². The minimum atomic E-state index is -0.747. The van der Waals surface area contributed by atoms with Gasteiger partial charge in [-0.25, -0.2) is 4.98 Å². The maximum Gasteiger partial charge on any atom is 0.306 e. The summed E-state index contributed by atoms with van der Waals surface area (Å²) in [6.07, 6.45) is 12.4. The van der Waals surface area contributed by atoms with Gasteiger partial charge in [0.15, 0.2) is 0 Å². The van der Waals surface area contributed by atoms with Gasteiger partial charge in [0.1, 0.15) is 0 Å². The molecule has 2 aliphatic rings. The Kier molecular flexibility index (Phi) is 5.81. The lowest BCUT2D eigenvalue weighted by atomic mass is 9.83. The summed E-state index contributed by atoms with van der Waals surface area (Å²) >= 11 is 0. The SMILES string of the molecule is NCCC[C@@H](Cc1ncn2c1CCc1cc(C3CCCCC3)ccc1-2)C(=O)O. The molecule has 0 radical (unpaired) electrons. The first-order valence-corrected chi connectivity index (χ1v) is 10.8. The fraction of sp³-hybridized carbons (Fsp3) is 0.565. The zero-order valence-corrected chi connectivity index (χ0v) is 16.6. The second-order valence-electron chi connectivity index (χ2n) is 8.40. The van der Waals surface area contributed by atoms with Crippen molar-refractivity contribution in [2.24, 2.45) is 11.7 Å². The first kappa shape index (κ1) is 19.2. The van der Waals surface area contributed by atoms with Crippen LogP contribution < -0.4 is 5.73 Å². The number of rotatable bonds is 7. The number of hydrogen-bond acceptors (Lipinski definition) is 3. The average Bonchev–Trinajstić information content (AvgIpc) is 3.14. The topological polar surface area (TPSA) is 81.1 Å². The summed E-state index contributed by atoms with van der Waals surface area (Å²) in [5, 5.41) is 9.54. The molecule has 5 heteroatoms. The van der Waals surface area contributed by atoms with Crippen molar-refractivity contribution >= 4 is 5.97 Å².